The van der Waals surface area contributed by atoms with Gasteiger partial charge in [-0.3, -0.25) is 28.8 Å². The van der Waals surface area contributed by atoms with Crippen molar-refractivity contribution in [2.75, 3.05) is 32.7 Å². The van der Waals surface area contributed by atoms with Crippen LogP contribution in [0.5, 0.6) is 0 Å². The van der Waals surface area contributed by atoms with E-state index in [2.05, 4.69) is 22.3 Å². The van der Waals surface area contributed by atoms with Gasteiger partial charge in [-0.05, 0) is 99.4 Å². The van der Waals surface area contributed by atoms with Crippen molar-refractivity contribution < 1.29 is 14.4 Å². The molecule has 1 saturated carbocycles. The van der Waals surface area contributed by atoms with Crippen LogP contribution in [0.25, 0.3) is 11.0 Å². The summed E-state index contributed by atoms with van der Waals surface area (Å²) in [6, 6.07) is 5.58. The third kappa shape index (κ3) is 4.59. The molecule has 1 aliphatic carbocycles. The van der Waals surface area contributed by atoms with Crippen LogP contribution in [0.1, 0.15) is 75.3 Å². The van der Waals surface area contributed by atoms with E-state index in [9.17, 15) is 19.2 Å². The van der Waals surface area contributed by atoms with Gasteiger partial charge >= 0.3 is 5.69 Å². The van der Waals surface area contributed by atoms with Crippen molar-refractivity contribution >= 4 is 29.3 Å². The molecule has 1 unspecified atom stereocenters. The number of nitrogens with zero attached hydrogens (tertiary/aromatic N) is 4. The van der Waals surface area contributed by atoms with Gasteiger partial charge in [-0.1, -0.05) is 6.07 Å². The molecule has 38 heavy (non-hydrogen) atoms. The van der Waals surface area contributed by atoms with Crippen molar-refractivity contribution in [3.05, 3.63) is 34.2 Å². The number of fused-ring (bicyclic) bond motifs is 1. The lowest BCUT2D eigenvalue weighted by Gasteiger charge is -2.40. The summed E-state index contributed by atoms with van der Waals surface area (Å²) in [5.41, 5.74) is 3.03. The third-order valence-electron chi connectivity index (χ3n) is 9.99. The number of aryl methyl sites for hydroxylation is 1. The predicted molar refractivity (Wildman–Crippen MR) is 144 cm³/mol. The molecule has 1 aromatic heterocycles. The number of hydrogen-bond acceptors (Lipinski definition) is 5. The fraction of sp³-hybridized carbons (Fsp3) is 0.655. The number of carbonyl (C=O) groups is 3. The third-order valence-corrected chi connectivity index (χ3v) is 9.99. The number of imide groups is 1. The molecule has 1 aromatic carbocycles. The summed E-state index contributed by atoms with van der Waals surface area (Å²) in [7, 11) is 1.76. The maximum Gasteiger partial charge on any atom is 0.329 e. The van der Waals surface area contributed by atoms with Gasteiger partial charge in [0.05, 0.1) is 11.0 Å². The molecule has 3 amide bonds. The number of piperidine rings is 2. The molecule has 204 valence electrons. The number of likely N-dealkylation sites (tertiary alicyclic amines) is 2. The summed E-state index contributed by atoms with van der Waals surface area (Å²) >= 11 is 0. The Kier molecular flexibility index (Phi) is 6.66. The number of rotatable bonds is 5. The lowest BCUT2D eigenvalue weighted by Crippen LogP contribution is -2.44. The highest BCUT2D eigenvalue weighted by Gasteiger charge is 2.41. The molecule has 9 nitrogen and oxygen atoms in total. The van der Waals surface area contributed by atoms with E-state index in [1.807, 2.05) is 11.0 Å². The van der Waals surface area contributed by atoms with Gasteiger partial charge in [-0.15, -0.1) is 0 Å². The standard InChI is InChI=1S/C29H39N5O4/c1-31-25-16-22(2-3-23(25)34(28(31)38)24-4-5-26(36)30-27(24)37)21-8-13-32(14-9-21)17-20-6-10-29(11-7-20)12-15-33(18-29)19-35/h2-3,16,19-21,24H,4-15,17-18H2,1H3,(H,30,36,37). The highest BCUT2D eigenvalue weighted by Crippen LogP contribution is 2.45. The molecule has 4 aliphatic rings. The molecule has 3 saturated heterocycles. The maximum absolute atomic E-state index is 13.1. The van der Waals surface area contributed by atoms with Crippen molar-refractivity contribution in [2.24, 2.45) is 18.4 Å². The van der Waals surface area contributed by atoms with Gasteiger partial charge in [-0.2, -0.15) is 0 Å². The van der Waals surface area contributed by atoms with Crippen LogP contribution in [0.4, 0.5) is 0 Å². The number of imidazole rings is 1. The van der Waals surface area contributed by atoms with E-state index in [4.69, 9.17) is 0 Å². The molecule has 9 heteroatoms. The minimum atomic E-state index is -0.648. The lowest BCUT2D eigenvalue weighted by atomic mass is 9.70. The smallest absolute Gasteiger partial charge is 0.329 e. The van der Waals surface area contributed by atoms with E-state index < -0.39 is 11.9 Å². The molecule has 4 heterocycles. The largest absolute Gasteiger partial charge is 0.345 e. The monoisotopic (exact) mass is 521 g/mol. The van der Waals surface area contributed by atoms with E-state index in [1.165, 1.54) is 44.2 Å². The molecule has 1 spiro atoms. The molecule has 4 fully saturated rings. The van der Waals surface area contributed by atoms with Gasteiger partial charge in [0.2, 0.25) is 18.2 Å². The van der Waals surface area contributed by atoms with E-state index in [1.54, 1.807) is 16.2 Å². The van der Waals surface area contributed by atoms with Crippen molar-refractivity contribution in [1.82, 2.24) is 24.3 Å². The second-order valence-electron chi connectivity index (χ2n) is 12.3. The molecular formula is C29H39N5O4. The Morgan fingerprint density at radius 3 is 2.42 bits per heavy atom. The quantitative estimate of drug-likeness (QED) is 0.482. The zero-order chi connectivity index (χ0) is 26.4. The van der Waals surface area contributed by atoms with Crippen LogP contribution in [-0.4, -0.2) is 69.9 Å². The second-order valence-corrected chi connectivity index (χ2v) is 12.3. The number of benzene rings is 1. The fourth-order valence-electron chi connectivity index (χ4n) is 7.62. The van der Waals surface area contributed by atoms with Crippen LogP contribution in [0, 0.1) is 11.3 Å². The van der Waals surface area contributed by atoms with Crippen molar-refractivity contribution in [1.29, 1.82) is 0 Å². The highest BCUT2D eigenvalue weighted by atomic mass is 16.2. The Morgan fingerprint density at radius 1 is 0.974 bits per heavy atom. The number of aromatic nitrogens is 2. The molecule has 1 N–H and O–H groups in total. The van der Waals surface area contributed by atoms with Crippen molar-refractivity contribution in [3.8, 4) is 0 Å². The van der Waals surface area contributed by atoms with Crippen molar-refractivity contribution in [2.45, 2.75) is 69.7 Å². The average molecular weight is 522 g/mol. The Balaban J connectivity index is 1.08. The van der Waals surface area contributed by atoms with Crippen LogP contribution in [0.3, 0.4) is 0 Å². The summed E-state index contributed by atoms with van der Waals surface area (Å²) in [4.78, 5) is 52.9. The van der Waals surface area contributed by atoms with Gasteiger partial charge in [0, 0.05) is 33.1 Å². The zero-order valence-corrected chi connectivity index (χ0v) is 22.4. The number of nitrogens with one attached hydrogen (secondary N) is 1. The molecule has 3 aliphatic heterocycles. The number of carbonyl (C=O) groups excluding carboxylic acids is 3. The van der Waals surface area contributed by atoms with Gasteiger partial charge in [0.15, 0.2) is 0 Å². The Morgan fingerprint density at radius 2 is 1.74 bits per heavy atom. The topological polar surface area (TPSA) is 96.6 Å². The average Bonchev–Trinajstić information content (AvgIpc) is 3.44. The van der Waals surface area contributed by atoms with Gasteiger partial charge < -0.3 is 9.80 Å². The Bertz CT molecular complexity index is 1300. The normalized spacial score (nSPS) is 29.3. The molecule has 2 aromatic rings. The van der Waals surface area contributed by atoms with Crippen LogP contribution < -0.4 is 11.0 Å². The van der Waals surface area contributed by atoms with E-state index in [0.29, 0.717) is 17.8 Å². The first kappa shape index (κ1) is 25.3. The van der Waals surface area contributed by atoms with Crippen LogP contribution in [0.2, 0.25) is 0 Å². The summed E-state index contributed by atoms with van der Waals surface area (Å²) in [6.45, 7) is 5.27. The first-order valence-corrected chi connectivity index (χ1v) is 14.3. The minimum Gasteiger partial charge on any atom is -0.345 e. The van der Waals surface area contributed by atoms with Crippen LogP contribution in [0.15, 0.2) is 23.0 Å². The van der Waals surface area contributed by atoms with Crippen LogP contribution >= 0.6 is 0 Å². The lowest BCUT2D eigenvalue weighted by molar-refractivity contribution is -0.135. The summed E-state index contributed by atoms with van der Waals surface area (Å²) in [5.74, 6) is 0.555. The van der Waals surface area contributed by atoms with Crippen LogP contribution in [-0.2, 0) is 21.4 Å². The first-order chi connectivity index (χ1) is 18.4. The predicted octanol–water partition coefficient (Wildman–Crippen LogP) is 2.54. The maximum atomic E-state index is 13.1. The van der Waals surface area contributed by atoms with E-state index in [-0.39, 0.29) is 18.0 Å². The van der Waals surface area contributed by atoms with Gasteiger partial charge in [-0.25, -0.2) is 4.79 Å². The SMILES string of the molecule is Cn1c(=O)n(C2CCC(=O)NC2=O)c2ccc(C3CCN(CC4CCC5(CC4)CCN(C=O)C5)CC3)cc21. The number of hydrogen-bond donors (Lipinski definition) is 1. The zero-order valence-electron chi connectivity index (χ0n) is 22.4. The summed E-state index contributed by atoms with van der Waals surface area (Å²) in [6.07, 6.45) is 10.1. The Labute approximate surface area is 223 Å². The fourth-order valence-corrected chi connectivity index (χ4v) is 7.62. The number of amides is 3. The minimum absolute atomic E-state index is 0.216. The van der Waals surface area contributed by atoms with Gasteiger partial charge in [0.1, 0.15) is 6.04 Å². The molecule has 0 bridgehead atoms. The first-order valence-electron chi connectivity index (χ1n) is 14.3. The second kappa shape index (κ2) is 9.98. The van der Waals surface area contributed by atoms with E-state index in [0.717, 1.165) is 62.4 Å². The molecule has 0 radical (unpaired) electrons. The summed E-state index contributed by atoms with van der Waals surface area (Å²) in [5, 5.41) is 2.38. The van der Waals surface area contributed by atoms with Crippen molar-refractivity contribution in [3.63, 3.8) is 0 Å². The van der Waals surface area contributed by atoms with E-state index >= 15 is 0 Å². The Hall–Kier alpha value is -2.94. The summed E-state index contributed by atoms with van der Waals surface area (Å²) < 4.78 is 3.19. The molecular weight excluding hydrogens is 482 g/mol. The highest BCUT2D eigenvalue weighted by molar-refractivity contribution is 6.00. The molecule has 1 atom stereocenters. The molecule has 6 rings (SSSR count). The van der Waals surface area contributed by atoms with Gasteiger partial charge in [0.25, 0.3) is 0 Å².